The van der Waals surface area contributed by atoms with Gasteiger partial charge in [0.05, 0.1) is 6.61 Å². The third kappa shape index (κ3) is 5.14. The van der Waals surface area contributed by atoms with E-state index in [1.165, 1.54) is 12.3 Å². The molecule has 0 bridgehead atoms. The minimum Gasteiger partial charge on any atom is -0.463 e. The van der Waals surface area contributed by atoms with Gasteiger partial charge in [0, 0.05) is 6.07 Å². The van der Waals surface area contributed by atoms with Gasteiger partial charge in [0.15, 0.2) is 12.3 Å². The number of aromatic nitrogens is 1. The van der Waals surface area contributed by atoms with Gasteiger partial charge >= 0.3 is 11.9 Å². The highest BCUT2D eigenvalue weighted by molar-refractivity contribution is 5.88. The highest BCUT2D eigenvalue weighted by Gasteiger charge is 2.13. The lowest BCUT2D eigenvalue weighted by Gasteiger charge is -2.06. The Bertz CT molecular complexity index is 358. The molecule has 0 aromatic carbocycles. The molecule has 1 heterocycles. The van der Waals surface area contributed by atoms with Crippen molar-refractivity contribution in [1.82, 2.24) is 5.16 Å². The first-order valence-electron chi connectivity index (χ1n) is 5.32. The average molecular weight is 241 g/mol. The van der Waals surface area contributed by atoms with Crippen LogP contribution in [0.2, 0.25) is 0 Å². The SMILES string of the molecule is CC(C)CCOC(=O)COC(=O)c1ccon1. The van der Waals surface area contributed by atoms with Crippen LogP contribution in [0, 0.1) is 5.92 Å². The lowest BCUT2D eigenvalue weighted by atomic mass is 10.1. The summed E-state index contributed by atoms with van der Waals surface area (Å²) in [6.45, 7) is 3.97. The van der Waals surface area contributed by atoms with Crippen LogP contribution in [-0.4, -0.2) is 30.3 Å². The highest BCUT2D eigenvalue weighted by Crippen LogP contribution is 2.00. The molecule has 0 aliphatic rings. The summed E-state index contributed by atoms with van der Waals surface area (Å²) in [6, 6.07) is 1.35. The first-order valence-corrected chi connectivity index (χ1v) is 5.32. The lowest BCUT2D eigenvalue weighted by molar-refractivity contribution is -0.147. The number of esters is 2. The van der Waals surface area contributed by atoms with E-state index in [1.54, 1.807) is 0 Å². The van der Waals surface area contributed by atoms with Crippen LogP contribution in [0.15, 0.2) is 16.9 Å². The number of ether oxygens (including phenoxy) is 2. The summed E-state index contributed by atoms with van der Waals surface area (Å²) >= 11 is 0. The van der Waals surface area contributed by atoms with Crippen molar-refractivity contribution < 1.29 is 23.6 Å². The third-order valence-electron chi connectivity index (χ3n) is 1.93. The molecule has 0 amide bonds. The summed E-state index contributed by atoms with van der Waals surface area (Å²) in [5.41, 5.74) is 0.0278. The van der Waals surface area contributed by atoms with Gasteiger partial charge in [-0.3, -0.25) is 0 Å². The minimum atomic E-state index is -0.709. The number of carbonyl (C=O) groups is 2. The monoisotopic (exact) mass is 241 g/mol. The van der Waals surface area contributed by atoms with Gasteiger partial charge in [-0.25, -0.2) is 9.59 Å². The smallest absolute Gasteiger partial charge is 0.361 e. The molecule has 17 heavy (non-hydrogen) atoms. The van der Waals surface area contributed by atoms with E-state index in [-0.39, 0.29) is 5.69 Å². The van der Waals surface area contributed by atoms with Crippen molar-refractivity contribution in [2.75, 3.05) is 13.2 Å². The van der Waals surface area contributed by atoms with Crippen molar-refractivity contribution >= 4 is 11.9 Å². The molecule has 1 rings (SSSR count). The number of carbonyl (C=O) groups excluding carboxylic acids is 2. The van der Waals surface area contributed by atoms with Crippen LogP contribution in [0.4, 0.5) is 0 Å². The van der Waals surface area contributed by atoms with Crippen LogP contribution in [-0.2, 0) is 14.3 Å². The highest BCUT2D eigenvalue weighted by atomic mass is 16.6. The van der Waals surface area contributed by atoms with Gasteiger partial charge < -0.3 is 14.0 Å². The van der Waals surface area contributed by atoms with Gasteiger partial charge in [0.25, 0.3) is 0 Å². The van der Waals surface area contributed by atoms with Crippen LogP contribution in [0.1, 0.15) is 30.8 Å². The van der Waals surface area contributed by atoms with Gasteiger partial charge in [-0.2, -0.15) is 0 Å². The van der Waals surface area contributed by atoms with Crippen LogP contribution >= 0.6 is 0 Å². The Balaban J connectivity index is 2.18. The summed E-state index contributed by atoms with van der Waals surface area (Å²) in [5.74, 6) is -0.817. The molecule has 0 radical (unpaired) electrons. The van der Waals surface area contributed by atoms with Crippen LogP contribution < -0.4 is 0 Å². The van der Waals surface area contributed by atoms with Gasteiger partial charge in [-0.05, 0) is 12.3 Å². The molecule has 0 unspecified atom stereocenters. The van der Waals surface area contributed by atoms with Gasteiger partial charge in [0.1, 0.15) is 6.26 Å². The van der Waals surface area contributed by atoms with E-state index >= 15 is 0 Å². The molecule has 0 fully saturated rings. The molecule has 0 spiro atoms. The van der Waals surface area contributed by atoms with Crippen LogP contribution in [0.3, 0.4) is 0 Å². The number of nitrogens with zero attached hydrogens (tertiary/aromatic N) is 1. The maximum absolute atomic E-state index is 11.2. The Hall–Kier alpha value is -1.85. The zero-order chi connectivity index (χ0) is 12.7. The number of hydrogen-bond donors (Lipinski definition) is 0. The Kier molecular flexibility index (Phi) is 5.19. The fourth-order valence-corrected chi connectivity index (χ4v) is 0.966. The molecule has 1 aromatic heterocycles. The second-order valence-electron chi connectivity index (χ2n) is 3.86. The van der Waals surface area contributed by atoms with Gasteiger partial charge in [-0.15, -0.1) is 0 Å². The summed E-state index contributed by atoms with van der Waals surface area (Å²) in [7, 11) is 0. The van der Waals surface area contributed by atoms with Crippen molar-refractivity contribution in [3.05, 3.63) is 18.0 Å². The van der Waals surface area contributed by atoms with Crippen molar-refractivity contribution in [2.45, 2.75) is 20.3 Å². The van der Waals surface area contributed by atoms with Crippen molar-refractivity contribution in [1.29, 1.82) is 0 Å². The molecule has 0 saturated heterocycles. The maximum Gasteiger partial charge on any atom is 0.361 e. The second kappa shape index (κ2) is 6.67. The van der Waals surface area contributed by atoms with Crippen molar-refractivity contribution in [3.63, 3.8) is 0 Å². The van der Waals surface area contributed by atoms with Crippen LogP contribution in [0.25, 0.3) is 0 Å². The van der Waals surface area contributed by atoms with E-state index in [1.807, 2.05) is 13.8 Å². The predicted octanol–water partition coefficient (Wildman–Crippen LogP) is 1.42. The number of rotatable bonds is 6. The molecule has 0 saturated carbocycles. The number of hydrogen-bond acceptors (Lipinski definition) is 6. The van der Waals surface area contributed by atoms with Crippen LogP contribution in [0.5, 0.6) is 0 Å². The zero-order valence-electron chi connectivity index (χ0n) is 9.84. The maximum atomic E-state index is 11.2. The third-order valence-corrected chi connectivity index (χ3v) is 1.93. The predicted molar refractivity (Wildman–Crippen MR) is 57.2 cm³/mol. The topological polar surface area (TPSA) is 78.6 Å². The Labute approximate surface area is 98.9 Å². The molecule has 94 valence electrons. The molecular formula is C11H15NO5. The quantitative estimate of drug-likeness (QED) is 0.701. The van der Waals surface area contributed by atoms with E-state index in [0.29, 0.717) is 12.5 Å². The molecule has 6 nitrogen and oxygen atoms in total. The molecule has 0 aliphatic heterocycles. The summed E-state index contributed by atoms with van der Waals surface area (Å²) < 4.78 is 14.0. The standard InChI is InChI=1S/C11H15NO5/c1-8(2)3-5-15-10(13)7-16-11(14)9-4-6-17-12-9/h4,6,8H,3,5,7H2,1-2H3. The molecule has 0 aliphatic carbocycles. The second-order valence-corrected chi connectivity index (χ2v) is 3.86. The molecular weight excluding hydrogens is 226 g/mol. The Morgan fingerprint density at radius 1 is 1.41 bits per heavy atom. The summed E-state index contributed by atoms with van der Waals surface area (Å²) in [6.07, 6.45) is 2.03. The van der Waals surface area contributed by atoms with E-state index in [2.05, 4.69) is 14.4 Å². The fourth-order valence-electron chi connectivity index (χ4n) is 0.966. The Morgan fingerprint density at radius 2 is 2.18 bits per heavy atom. The average Bonchev–Trinajstić information content (AvgIpc) is 2.78. The molecule has 0 atom stereocenters. The first kappa shape index (κ1) is 13.2. The van der Waals surface area contributed by atoms with E-state index < -0.39 is 18.5 Å². The molecule has 6 heteroatoms. The van der Waals surface area contributed by atoms with E-state index in [4.69, 9.17) is 4.74 Å². The van der Waals surface area contributed by atoms with Gasteiger partial charge in [0.2, 0.25) is 0 Å². The fraction of sp³-hybridized carbons (Fsp3) is 0.545. The largest absolute Gasteiger partial charge is 0.463 e. The summed E-state index contributed by atoms with van der Waals surface area (Å²) in [5, 5.41) is 3.38. The normalized spacial score (nSPS) is 10.3. The Morgan fingerprint density at radius 3 is 2.76 bits per heavy atom. The first-order chi connectivity index (χ1) is 8.09. The molecule has 0 N–H and O–H groups in total. The minimum absolute atomic E-state index is 0.0278. The molecule has 1 aromatic rings. The van der Waals surface area contributed by atoms with Crippen molar-refractivity contribution in [2.24, 2.45) is 5.92 Å². The van der Waals surface area contributed by atoms with Gasteiger partial charge in [-0.1, -0.05) is 19.0 Å². The zero-order valence-corrected chi connectivity index (χ0v) is 9.84. The lowest BCUT2D eigenvalue weighted by Crippen LogP contribution is -2.17. The van der Waals surface area contributed by atoms with E-state index in [9.17, 15) is 9.59 Å². The summed E-state index contributed by atoms with van der Waals surface area (Å²) in [4.78, 5) is 22.4. The van der Waals surface area contributed by atoms with E-state index in [0.717, 1.165) is 6.42 Å². The van der Waals surface area contributed by atoms with Crippen molar-refractivity contribution in [3.8, 4) is 0 Å².